The number of aromatic hydroxyl groups is 1. The van der Waals surface area contributed by atoms with Crippen molar-refractivity contribution in [3.63, 3.8) is 0 Å². The van der Waals surface area contributed by atoms with Crippen LogP contribution < -0.4 is 5.73 Å². The first-order valence-corrected chi connectivity index (χ1v) is 16.3. The minimum atomic E-state index is -4.93. The topological polar surface area (TPSA) is 257 Å². The lowest BCUT2D eigenvalue weighted by Crippen LogP contribution is -1.99. The van der Waals surface area contributed by atoms with Crippen molar-refractivity contribution in [1.82, 2.24) is 5.73 Å². The molecule has 0 fully saturated rings. The van der Waals surface area contributed by atoms with Gasteiger partial charge in [-0.2, -0.15) is 30.4 Å². The lowest BCUT2D eigenvalue weighted by molar-refractivity contribution is 0.472. The van der Waals surface area contributed by atoms with Gasteiger partial charge < -0.3 is 10.8 Å². The number of benzene rings is 5. The molecule has 0 saturated heterocycles. The second kappa shape index (κ2) is 11.0. The number of azo groups is 2. The van der Waals surface area contributed by atoms with E-state index < -0.39 is 51.6 Å². The van der Waals surface area contributed by atoms with Crippen LogP contribution >= 0.6 is 0 Å². The van der Waals surface area contributed by atoms with Gasteiger partial charge in [0.05, 0.1) is 32.5 Å². The zero-order valence-corrected chi connectivity index (χ0v) is 24.2. The van der Waals surface area contributed by atoms with Gasteiger partial charge in [-0.25, -0.2) is 0 Å². The Morgan fingerprint density at radius 1 is 0.545 bits per heavy atom. The number of hydrogen-bond acceptors (Lipinski definition) is 11. The molecular formula is C26H18N5O10S3. The van der Waals surface area contributed by atoms with Gasteiger partial charge in [-0.1, -0.05) is 12.1 Å². The van der Waals surface area contributed by atoms with Crippen molar-refractivity contribution in [2.45, 2.75) is 14.7 Å². The maximum atomic E-state index is 12.1. The highest BCUT2D eigenvalue weighted by Crippen LogP contribution is 2.43. The van der Waals surface area contributed by atoms with Gasteiger partial charge in [0, 0.05) is 16.2 Å². The van der Waals surface area contributed by atoms with Crippen LogP contribution in [-0.2, 0) is 30.4 Å². The quantitative estimate of drug-likeness (QED) is 0.114. The first-order valence-electron chi connectivity index (χ1n) is 12.0. The van der Waals surface area contributed by atoms with Crippen LogP contribution in [0.5, 0.6) is 5.75 Å². The van der Waals surface area contributed by atoms with E-state index in [1.807, 2.05) is 0 Å². The molecule has 0 aromatic heterocycles. The largest absolute Gasteiger partial charge is 0.505 e. The van der Waals surface area contributed by atoms with Crippen molar-refractivity contribution in [1.29, 1.82) is 0 Å². The number of phenolic OH excluding ortho intramolecular Hbond substituents is 1. The summed E-state index contributed by atoms with van der Waals surface area (Å²) in [5.41, 5.74) is 7.44. The summed E-state index contributed by atoms with van der Waals surface area (Å²) in [6.45, 7) is 0. The first-order chi connectivity index (χ1) is 20.5. The maximum absolute atomic E-state index is 12.1. The number of rotatable bonds is 7. The highest BCUT2D eigenvalue weighted by molar-refractivity contribution is 7.86. The molecule has 225 valence electrons. The van der Waals surface area contributed by atoms with Crippen LogP contribution in [0.1, 0.15) is 0 Å². The molecule has 44 heavy (non-hydrogen) atoms. The fraction of sp³-hybridized carbons (Fsp3) is 0. The summed E-state index contributed by atoms with van der Waals surface area (Å²) in [6, 6.07) is 15.9. The lowest BCUT2D eigenvalue weighted by Gasteiger charge is -2.10. The van der Waals surface area contributed by atoms with Gasteiger partial charge in [-0.3, -0.25) is 13.7 Å². The van der Waals surface area contributed by atoms with E-state index in [0.29, 0.717) is 0 Å². The monoisotopic (exact) mass is 656 g/mol. The molecule has 5 aromatic rings. The van der Waals surface area contributed by atoms with E-state index in [2.05, 4.69) is 20.5 Å². The molecule has 18 heteroatoms. The van der Waals surface area contributed by atoms with Crippen LogP contribution in [0, 0.1) is 0 Å². The Labute approximate surface area is 249 Å². The minimum absolute atomic E-state index is 0.00171. The minimum Gasteiger partial charge on any atom is -0.505 e. The van der Waals surface area contributed by atoms with Crippen molar-refractivity contribution in [2.75, 3.05) is 0 Å². The second-order valence-corrected chi connectivity index (χ2v) is 13.4. The molecule has 1 radical (unpaired) electrons. The Kier molecular flexibility index (Phi) is 7.66. The van der Waals surface area contributed by atoms with Gasteiger partial charge in [0.1, 0.15) is 10.6 Å². The van der Waals surface area contributed by atoms with Crippen LogP contribution in [0.4, 0.5) is 28.4 Å². The van der Waals surface area contributed by atoms with Crippen LogP contribution in [-0.4, -0.2) is 44.0 Å². The van der Waals surface area contributed by atoms with E-state index in [4.69, 9.17) is 10.3 Å². The third-order valence-electron chi connectivity index (χ3n) is 6.24. The standard InChI is InChI=1S/C26H18N5O10S3/c27-15-2-1-14-11-24(44(39,40)41)25(26(32)20(14)12-15)31-30-23-10-9-22(19-8-7-18(13-21(19)23)43(36,37)38)29-28-16-3-5-17(6-4-16)42(33,34)35/h1-13,27,32H,(H,33,34,35)(H,36,37,38)(H,39,40,41)/b29-28+,31-30+. The second-order valence-electron chi connectivity index (χ2n) is 9.14. The molecule has 0 spiro atoms. The van der Waals surface area contributed by atoms with Gasteiger partial charge in [0.25, 0.3) is 30.4 Å². The SMILES string of the molecule is [NH]c1ccc2cc(S(=O)(=O)O)c(/N=N/c3ccc(/N=N/c4ccc(S(=O)(=O)O)cc4)c4ccc(S(=O)(=O)O)cc34)c(O)c2c1. The van der Waals surface area contributed by atoms with Crippen LogP contribution in [0.3, 0.4) is 0 Å². The first kappa shape index (κ1) is 30.6. The van der Waals surface area contributed by atoms with Gasteiger partial charge >= 0.3 is 0 Å². The molecule has 0 amide bonds. The van der Waals surface area contributed by atoms with Crippen molar-refractivity contribution < 1.29 is 44.0 Å². The van der Waals surface area contributed by atoms with Crippen molar-refractivity contribution >= 4 is 80.3 Å². The Hall–Kier alpha value is -4.85. The van der Waals surface area contributed by atoms with E-state index in [1.54, 1.807) is 0 Å². The Bertz CT molecular complexity index is 2380. The summed E-state index contributed by atoms with van der Waals surface area (Å²) in [5, 5.41) is 27.3. The van der Waals surface area contributed by atoms with Gasteiger partial charge in [0.15, 0.2) is 5.75 Å². The van der Waals surface area contributed by atoms with E-state index in [0.717, 1.165) is 30.3 Å². The van der Waals surface area contributed by atoms with E-state index in [-0.39, 0.29) is 49.2 Å². The summed E-state index contributed by atoms with van der Waals surface area (Å²) >= 11 is 0. The zero-order chi connectivity index (χ0) is 32.0. The molecule has 0 aliphatic rings. The third kappa shape index (κ3) is 6.25. The van der Waals surface area contributed by atoms with Crippen LogP contribution in [0.15, 0.2) is 114 Å². The molecule has 5 rings (SSSR count). The highest BCUT2D eigenvalue weighted by atomic mass is 32.2. The zero-order valence-electron chi connectivity index (χ0n) is 21.8. The molecule has 5 aromatic carbocycles. The Morgan fingerprint density at radius 3 is 1.75 bits per heavy atom. The van der Waals surface area contributed by atoms with Crippen molar-refractivity contribution in [3.8, 4) is 5.75 Å². The fourth-order valence-corrected chi connectivity index (χ4v) is 5.81. The number of fused-ring (bicyclic) bond motifs is 2. The summed E-state index contributed by atoms with van der Waals surface area (Å²) in [6.07, 6.45) is 0. The predicted octanol–water partition coefficient (Wildman–Crippen LogP) is 6.18. The van der Waals surface area contributed by atoms with Crippen LogP contribution in [0.2, 0.25) is 0 Å². The molecule has 0 atom stereocenters. The molecule has 0 saturated carbocycles. The number of nitrogens with one attached hydrogen (secondary N) is 1. The van der Waals surface area contributed by atoms with Crippen molar-refractivity contribution in [3.05, 3.63) is 78.9 Å². The normalized spacial score (nSPS) is 13.0. The summed E-state index contributed by atoms with van der Waals surface area (Å²) in [7, 11) is -14.0. The Balaban J connectivity index is 1.66. The highest BCUT2D eigenvalue weighted by Gasteiger charge is 2.22. The fourth-order valence-electron chi connectivity index (χ4n) is 4.17. The Morgan fingerprint density at radius 2 is 1.14 bits per heavy atom. The summed E-state index contributed by atoms with van der Waals surface area (Å²) < 4.78 is 99.1. The average Bonchev–Trinajstić information content (AvgIpc) is 2.94. The summed E-state index contributed by atoms with van der Waals surface area (Å²) in [4.78, 5) is -1.66. The molecule has 0 aliphatic carbocycles. The van der Waals surface area contributed by atoms with Crippen LogP contribution in [0.25, 0.3) is 21.5 Å². The van der Waals surface area contributed by atoms with Gasteiger partial charge in [0.2, 0.25) is 0 Å². The molecule has 0 bridgehead atoms. The molecule has 0 heterocycles. The molecule has 15 nitrogen and oxygen atoms in total. The smallest absolute Gasteiger partial charge is 0.296 e. The molecular weight excluding hydrogens is 639 g/mol. The van der Waals surface area contributed by atoms with Gasteiger partial charge in [-0.05, 0) is 72.1 Å². The van der Waals surface area contributed by atoms with Crippen molar-refractivity contribution in [2.24, 2.45) is 20.5 Å². The number of hydrogen-bond donors (Lipinski definition) is 4. The average molecular weight is 657 g/mol. The van der Waals surface area contributed by atoms with E-state index in [9.17, 15) is 39.5 Å². The van der Waals surface area contributed by atoms with E-state index in [1.165, 1.54) is 48.5 Å². The summed E-state index contributed by atoms with van der Waals surface area (Å²) in [5.74, 6) is -0.693. The third-order valence-corrected chi connectivity index (χ3v) is 8.82. The molecule has 5 N–H and O–H groups in total. The number of nitrogens with zero attached hydrogens (tertiary/aromatic N) is 4. The molecule has 0 aliphatic heterocycles. The lowest BCUT2D eigenvalue weighted by atomic mass is 10.1. The number of phenols is 1. The predicted molar refractivity (Wildman–Crippen MR) is 157 cm³/mol. The maximum Gasteiger partial charge on any atom is 0.296 e. The molecule has 0 unspecified atom stereocenters. The van der Waals surface area contributed by atoms with E-state index >= 15 is 0 Å². The van der Waals surface area contributed by atoms with Gasteiger partial charge in [-0.15, -0.1) is 15.3 Å².